The highest BCUT2D eigenvalue weighted by atomic mass is 35.5. The van der Waals surface area contributed by atoms with E-state index in [9.17, 15) is 18.0 Å². The van der Waals surface area contributed by atoms with Gasteiger partial charge in [-0.15, -0.1) is 0 Å². The van der Waals surface area contributed by atoms with Crippen molar-refractivity contribution in [3.05, 3.63) is 53.9 Å². The molecule has 0 saturated carbocycles. The fourth-order valence-electron chi connectivity index (χ4n) is 3.72. The molecule has 4 aromatic rings. The summed E-state index contributed by atoms with van der Waals surface area (Å²) in [6.07, 6.45) is 4.29. The van der Waals surface area contributed by atoms with Crippen molar-refractivity contribution < 1.29 is 27.5 Å². The summed E-state index contributed by atoms with van der Waals surface area (Å²) >= 11 is 6.33. The van der Waals surface area contributed by atoms with Crippen molar-refractivity contribution >= 4 is 56.0 Å². The number of ether oxygens (including phenoxy) is 2. The van der Waals surface area contributed by atoms with E-state index in [1.807, 2.05) is 0 Å². The molecule has 3 heterocycles. The Hall–Kier alpha value is -3.90. The van der Waals surface area contributed by atoms with Crippen LogP contribution in [0.1, 0.15) is 41.5 Å². The molecule has 0 bridgehead atoms. The van der Waals surface area contributed by atoms with Crippen molar-refractivity contribution in [2.24, 2.45) is 0 Å². The van der Waals surface area contributed by atoms with Gasteiger partial charge in [0.1, 0.15) is 17.0 Å². The molecule has 11 nitrogen and oxygen atoms in total. The van der Waals surface area contributed by atoms with Crippen LogP contribution >= 0.6 is 11.6 Å². The summed E-state index contributed by atoms with van der Waals surface area (Å²) in [6, 6.07) is 7.70. The Kier molecular flexibility index (Phi) is 7.46. The maximum atomic E-state index is 13.4. The van der Waals surface area contributed by atoms with E-state index in [0.29, 0.717) is 33.7 Å². The number of nitrogens with one attached hydrogen (secondary N) is 1. The van der Waals surface area contributed by atoms with Gasteiger partial charge < -0.3 is 14.8 Å². The van der Waals surface area contributed by atoms with Gasteiger partial charge in [-0.2, -0.15) is 9.78 Å². The maximum Gasteiger partial charge on any atom is 0.435 e. The molecule has 212 valence electrons. The lowest BCUT2D eigenvalue weighted by Gasteiger charge is -2.21. The molecule has 40 heavy (non-hydrogen) atoms. The third-order valence-corrected chi connectivity index (χ3v) is 6.78. The summed E-state index contributed by atoms with van der Waals surface area (Å²) in [7, 11) is -3.43. The molecule has 0 radical (unpaired) electrons. The first-order chi connectivity index (χ1) is 18.4. The fourth-order valence-corrected chi connectivity index (χ4v) is 4.66. The van der Waals surface area contributed by atoms with Crippen LogP contribution in [0, 0.1) is 0 Å². The minimum Gasteiger partial charge on any atom is -0.443 e. The number of aromatic nitrogens is 4. The average molecular weight is 588 g/mol. The predicted molar refractivity (Wildman–Crippen MR) is 152 cm³/mol. The normalized spacial score (nSPS) is 12.4. The summed E-state index contributed by atoms with van der Waals surface area (Å²) in [5.41, 5.74) is 0.299. The molecule has 0 fully saturated rings. The zero-order chi connectivity index (χ0) is 29.6. The van der Waals surface area contributed by atoms with Crippen LogP contribution in [-0.4, -0.2) is 57.4 Å². The van der Waals surface area contributed by atoms with E-state index in [-0.39, 0.29) is 9.92 Å². The van der Waals surface area contributed by atoms with Crippen LogP contribution in [0.15, 0.2) is 53.8 Å². The molecule has 13 heteroatoms. The van der Waals surface area contributed by atoms with Gasteiger partial charge in [-0.3, -0.25) is 0 Å². The summed E-state index contributed by atoms with van der Waals surface area (Å²) < 4.78 is 37.2. The van der Waals surface area contributed by atoms with Gasteiger partial charge in [-0.05, 0) is 65.8 Å². The molecule has 1 aromatic carbocycles. The Balaban J connectivity index is 1.78. The number of nitrogens with zero attached hydrogens (tertiary/aromatic N) is 4. The van der Waals surface area contributed by atoms with E-state index < -0.39 is 33.2 Å². The van der Waals surface area contributed by atoms with E-state index in [0.717, 1.165) is 10.9 Å². The van der Waals surface area contributed by atoms with Gasteiger partial charge >= 0.3 is 12.2 Å². The Morgan fingerprint density at radius 2 is 1.60 bits per heavy atom. The van der Waals surface area contributed by atoms with Crippen molar-refractivity contribution in [1.82, 2.24) is 19.3 Å². The highest BCUT2D eigenvalue weighted by molar-refractivity contribution is 7.90. The average Bonchev–Trinajstić information content (AvgIpc) is 3.42. The summed E-state index contributed by atoms with van der Waals surface area (Å²) in [5, 5.41) is 7.99. The molecular formula is C27H30ClN5O6S. The lowest BCUT2D eigenvalue weighted by molar-refractivity contribution is 0.0512. The van der Waals surface area contributed by atoms with Crippen molar-refractivity contribution in [2.45, 2.75) is 57.6 Å². The predicted octanol–water partition coefficient (Wildman–Crippen LogP) is 6.27. The van der Waals surface area contributed by atoms with Crippen molar-refractivity contribution in [3.8, 4) is 11.3 Å². The third-order valence-electron chi connectivity index (χ3n) is 5.35. The topological polar surface area (TPSA) is 134 Å². The number of hydrogen-bond acceptors (Lipinski definition) is 9. The number of hydrogen-bond donors (Lipinski definition) is 1. The second-order valence-corrected chi connectivity index (χ2v) is 13.6. The zero-order valence-corrected chi connectivity index (χ0v) is 24.7. The maximum absolute atomic E-state index is 13.4. The number of sulfone groups is 1. The quantitative estimate of drug-likeness (QED) is 0.293. The summed E-state index contributed by atoms with van der Waals surface area (Å²) in [5.74, 6) is 0.348. The Morgan fingerprint density at radius 1 is 0.950 bits per heavy atom. The fraction of sp³-hybridized carbons (Fsp3) is 0.333. The van der Waals surface area contributed by atoms with Gasteiger partial charge in [-0.25, -0.2) is 27.6 Å². The molecule has 1 N–H and O–H groups in total. The largest absolute Gasteiger partial charge is 0.443 e. The van der Waals surface area contributed by atoms with Gasteiger partial charge in [0.2, 0.25) is 0 Å². The van der Waals surface area contributed by atoms with E-state index >= 15 is 0 Å². The molecule has 0 amide bonds. The molecule has 0 unspecified atom stereocenters. The SMILES string of the molecule is CC(C)(C)OC(=O)n1cc(-c2cc3cnc(Nc4ccc(S(C)(=O)=O)cc4Cl)cc3n2C(=O)OC(C)(C)C)cn1. The Bertz CT molecular complexity index is 1730. The van der Waals surface area contributed by atoms with Gasteiger partial charge in [0.15, 0.2) is 9.84 Å². The summed E-state index contributed by atoms with van der Waals surface area (Å²) in [6.45, 7) is 10.5. The third kappa shape index (κ3) is 6.62. The Labute approximate surface area is 237 Å². The number of fused-ring (bicyclic) bond motifs is 1. The minimum atomic E-state index is -3.43. The monoisotopic (exact) mass is 587 g/mol. The number of carbonyl (C=O) groups excluding carboxylic acids is 2. The second-order valence-electron chi connectivity index (χ2n) is 11.2. The molecular weight excluding hydrogens is 558 g/mol. The second kappa shape index (κ2) is 10.3. The lowest BCUT2D eigenvalue weighted by Crippen LogP contribution is -2.27. The van der Waals surface area contributed by atoms with Gasteiger partial charge in [-0.1, -0.05) is 11.6 Å². The zero-order valence-electron chi connectivity index (χ0n) is 23.1. The summed E-state index contributed by atoms with van der Waals surface area (Å²) in [4.78, 5) is 30.4. The lowest BCUT2D eigenvalue weighted by atomic mass is 10.2. The van der Waals surface area contributed by atoms with E-state index in [4.69, 9.17) is 21.1 Å². The molecule has 4 rings (SSSR count). The number of halogens is 1. The molecule has 3 aromatic heterocycles. The number of benzene rings is 1. The van der Waals surface area contributed by atoms with Crippen molar-refractivity contribution in [2.75, 3.05) is 11.6 Å². The standard InChI is InChI=1S/C27H30ClN5O6S/c1-26(2,3)38-24(34)32-15-17(14-30-32)21-10-16-13-29-23(12-22(16)33(21)25(35)39-27(4,5)6)31-20-9-8-18(11-19(20)28)40(7,36)37/h8-15H,1-7H3,(H,29,31). The van der Waals surface area contributed by atoms with Gasteiger partial charge in [0.25, 0.3) is 0 Å². The number of anilines is 2. The van der Waals surface area contributed by atoms with Crippen LogP contribution in [0.4, 0.5) is 21.1 Å². The van der Waals surface area contributed by atoms with Crippen LogP contribution in [0.25, 0.3) is 22.2 Å². The van der Waals surface area contributed by atoms with Gasteiger partial charge in [0, 0.05) is 35.7 Å². The molecule has 0 saturated heterocycles. The van der Waals surface area contributed by atoms with Crippen LogP contribution in [-0.2, 0) is 19.3 Å². The minimum absolute atomic E-state index is 0.0850. The molecule has 0 aliphatic rings. The first-order valence-corrected chi connectivity index (χ1v) is 14.5. The van der Waals surface area contributed by atoms with Crippen molar-refractivity contribution in [1.29, 1.82) is 0 Å². The van der Waals surface area contributed by atoms with Crippen molar-refractivity contribution in [3.63, 3.8) is 0 Å². The van der Waals surface area contributed by atoms with E-state index in [1.54, 1.807) is 59.9 Å². The Morgan fingerprint density at radius 3 is 2.20 bits per heavy atom. The first-order valence-electron chi connectivity index (χ1n) is 12.2. The van der Waals surface area contributed by atoms with Crippen LogP contribution in [0.3, 0.4) is 0 Å². The first kappa shape index (κ1) is 29.1. The van der Waals surface area contributed by atoms with Gasteiger partial charge in [0.05, 0.1) is 33.0 Å². The van der Waals surface area contributed by atoms with Crippen LogP contribution in [0.5, 0.6) is 0 Å². The van der Waals surface area contributed by atoms with Crippen LogP contribution in [0.2, 0.25) is 5.02 Å². The molecule has 0 aliphatic carbocycles. The molecule has 0 aliphatic heterocycles. The number of rotatable bonds is 4. The van der Waals surface area contributed by atoms with E-state index in [2.05, 4.69) is 15.4 Å². The van der Waals surface area contributed by atoms with Crippen LogP contribution < -0.4 is 5.32 Å². The van der Waals surface area contributed by atoms with E-state index in [1.165, 1.54) is 35.2 Å². The molecule has 0 spiro atoms. The number of carbonyl (C=O) groups is 2. The molecule has 0 atom stereocenters. The number of pyridine rings is 1. The highest BCUT2D eigenvalue weighted by Gasteiger charge is 2.25. The highest BCUT2D eigenvalue weighted by Crippen LogP contribution is 2.32. The smallest absolute Gasteiger partial charge is 0.435 e.